The highest BCUT2D eigenvalue weighted by Gasteiger charge is 2.31. The van der Waals surface area contributed by atoms with Gasteiger partial charge in [-0.3, -0.25) is 9.59 Å². The summed E-state index contributed by atoms with van der Waals surface area (Å²) in [6, 6.07) is 5.70. The van der Waals surface area contributed by atoms with Crippen LogP contribution in [0.4, 0.5) is 0 Å². The van der Waals surface area contributed by atoms with E-state index in [0.29, 0.717) is 19.5 Å². The molecule has 106 valence electrons. The highest BCUT2D eigenvalue weighted by atomic mass is 32.2. The molecule has 0 bridgehead atoms. The van der Waals surface area contributed by atoms with Crippen LogP contribution in [0.5, 0.6) is 11.5 Å². The number of fused-ring (bicyclic) bond motifs is 1. The molecule has 1 unspecified atom stereocenters. The Kier molecular flexibility index (Phi) is 3.56. The van der Waals surface area contributed by atoms with Crippen LogP contribution >= 0.6 is 11.8 Å². The van der Waals surface area contributed by atoms with E-state index in [1.165, 1.54) is 18.7 Å². The normalized spacial score (nSPS) is 20.6. The van der Waals surface area contributed by atoms with E-state index in [0.717, 1.165) is 17.1 Å². The molecule has 1 atom stereocenters. The Morgan fingerprint density at radius 2 is 2.20 bits per heavy atom. The average Bonchev–Trinajstić information content (AvgIpc) is 2.96. The van der Waals surface area contributed by atoms with Crippen molar-refractivity contribution in [3.05, 3.63) is 23.8 Å². The molecule has 0 aliphatic carbocycles. The van der Waals surface area contributed by atoms with Gasteiger partial charge in [0.1, 0.15) is 0 Å². The Morgan fingerprint density at radius 1 is 1.40 bits per heavy atom. The van der Waals surface area contributed by atoms with Crippen LogP contribution in [0, 0.1) is 0 Å². The van der Waals surface area contributed by atoms with Gasteiger partial charge >= 0.3 is 0 Å². The fourth-order valence-corrected chi connectivity index (χ4v) is 3.41. The third-order valence-electron chi connectivity index (χ3n) is 3.32. The molecule has 0 aromatic heterocycles. The second kappa shape index (κ2) is 5.36. The SMILES string of the molecule is CC(=O)SC1CC(=O)N(Cc2ccc3c(c2)OCO3)C1. The summed E-state index contributed by atoms with van der Waals surface area (Å²) in [6.45, 7) is 2.95. The zero-order valence-corrected chi connectivity index (χ0v) is 11.9. The van der Waals surface area contributed by atoms with E-state index in [1.807, 2.05) is 18.2 Å². The predicted octanol–water partition coefficient (Wildman–Crippen LogP) is 1.80. The van der Waals surface area contributed by atoms with E-state index in [2.05, 4.69) is 0 Å². The predicted molar refractivity (Wildman–Crippen MR) is 74.7 cm³/mol. The Morgan fingerprint density at radius 3 is 3.00 bits per heavy atom. The van der Waals surface area contributed by atoms with Crippen LogP contribution in [0.3, 0.4) is 0 Å². The number of amides is 1. The molecule has 1 aromatic carbocycles. The van der Waals surface area contributed by atoms with Gasteiger partial charge in [-0.1, -0.05) is 17.8 Å². The molecule has 0 saturated carbocycles. The van der Waals surface area contributed by atoms with Gasteiger partial charge in [0.15, 0.2) is 16.6 Å². The van der Waals surface area contributed by atoms with E-state index in [1.54, 1.807) is 4.90 Å². The highest BCUT2D eigenvalue weighted by molar-refractivity contribution is 8.14. The van der Waals surface area contributed by atoms with Crippen molar-refractivity contribution in [2.45, 2.75) is 25.1 Å². The number of benzene rings is 1. The lowest BCUT2D eigenvalue weighted by Crippen LogP contribution is -2.24. The Labute approximate surface area is 121 Å². The zero-order valence-electron chi connectivity index (χ0n) is 11.1. The molecule has 20 heavy (non-hydrogen) atoms. The van der Waals surface area contributed by atoms with Crippen LogP contribution in [0.2, 0.25) is 0 Å². The van der Waals surface area contributed by atoms with Crippen LogP contribution in [-0.4, -0.2) is 34.5 Å². The number of nitrogens with zero attached hydrogens (tertiary/aromatic N) is 1. The summed E-state index contributed by atoms with van der Waals surface area (Å²) in [7, 11) is 0. The molecule has 6 heteroatoms. The van der Waals surface area contributed by atoms with Crippen LogP contribution < -0.4 is 9.47 Å². The molecule has 5 nitrogen and oxygen atoms in total. The molecule has 2 aliphatic rings. The van der Waals surface area contributed by atoms with E-state index in [-0.39, 0.29) is 23.1 Å². The van der Waals surface area contributed by atoms with Gasteiger partial charge < -0.3 is 14.4 Å². The van der Waals surface area contributed by atoms with E-state index in [9.17, 15) is 9.59 Å². The minimum Gasteiger partial charge on any atom is -0.454 e. The second-order valence-corrected chi connectivity index (χ2v) is 6.37. The third kappa shape index (κ3) is 2.75. The summed E-state index contributed by atoms with van der Waals surface area (Å²) >= 11 is 1.25. The van der Waals surface area contributed by atoms with Gasteiger partial charge in [-0.15, -0.1) is 0 Å². The van der Waals surface area contributed by atoms with Gasteiger partial charge in [-0.2, -0.15) is 0 Å². The maximum atomic E-state index is 11.9. The summed E-state index contributed by atoms with van der Waals surface area (Å²) in [4.78, 5) is 24.8. The van der Waals surface area contributed by atoms with Gasteiger partial charge in [0.2, 0.25) is 12.7 Å². The van der Waals surface area contributed by atoms with Gasteiger partial charge in [-0.25, -0.2) is 0 Å². The Hall–Kier alpha value is -1.69. The molecule has 3 rings (SSSR count). The second-order valence-electron chi connectivity index (χ2n) is 4.90. The largest absolute Gasteiger partial charge is 0.454 e. The summed E-state index contributed by atoms with van der Waals surface area (Å²) < 4.78 is 10.6. The Balaban J connectivity index is 1.66. The number of hydrogen-bond acceptors (Lipinski definition) is 5. The first-order chi connectivity index (χ1) is 9.61. The molecule has 1 aromatic rings. The van der Waals surface area contributed by atoms with Gasteiger partial charge in [0.05, 0.1) is 0 Å². The maximum Gasteiger partial charge on any atom is 0.231 e. The minimum absolute atomic E-state index is 0.0627. The van der Waals surface area contributed by atoms with Crippen molar-refractivity contribution in [3.8, 4) is 11.5 Å². The smallest absolute Gasteiger partial charge is 0.231 e. The monoisotopic (exact) mass is 293 g/mol. The quantitative estimate of drug-likeness (QED) is 0.850. The van der Waals surface area contributed by atoms with E-state index < -0.39 is 0 Å². The minimum atomic E-state index is 0.0627. The van der Waals surface area contributed by atoms with Gasteiger partial charge in [0.25, 0.3) is 0 Å². The molecule has 0 N–H and O–H groups in total. The van der Waals surface area contributed by atoms with Crippen LogP contribution in [-0.2, 0) is 16.1 Å². The van der Waals surface area contributed by atoms with Crippen LogP contribution in [0.15, 0.2) is 18.2 Å². The molecule has 1 fully saturated rings. The number of hydrogen-bond donors (Lipinski definition) is 0. The maximum absolute atomic E-state index is 11.9. The number of thioether (sulfide) groups is 1. The van der Waals surface area contributed by atoms with Crippen molar-refractivity contribution >= 4 is 22.8 Å². The van der Waals surface area contributed by atoms with E-state index >= 15 is 0 Å². The number of ether oxygens (including phenoxy) is 2. The van der Waals surface area contributed by atoms with Crippen molar-refractivity contribution in [2.24, 2.45) is 0 Å². The molecular weight excluding hydrogens is 278 g/mol. The number of carbonyl (C=O) groups excluding carboxylic acids is 2. The van der Waals surface area contributed by atoms with Crippen molar-refractivity contribution in [1.29, 1.82) is 0 Å². The number of carbonyl (C=O) groups is 2. The topological polar surface area (TPSA) is 55.8 Å². The van der Waals surface area contributed by atoms with Gasteiger partial charge in [-0.05, 0) is 17.7 Å². The molecule has 2 heterocycles. The van der Waals surface area contributed by atoms with E-state index in [4.69, 9.17) is 9.47 Å². The molecule has 2 aliphatic heterocycles. The summed E-state index contributed by atoms with van der Waals surface area (Å²) in [5, 5.41) is 0.141. The lowest BCUT2D eigenvalue weighted by molar-refractivity contribution is -0.128. The molecule has 1 amide bonds. The fraction of sp³-hybridized carbons (Fsp3) is 0.429. The average molecular weight is 293 g/mol. The number of likely N-dealkylation sites (tertiary alicyclic amines) is 1. The van der Waals surface area contributed by atoms with Gasteiger partial charge in [0, 0.05) is 31.7 Å². The standard InChI is InChI=1S/C14H15NO4S/c1-9(16)20-11-5-14(17)15(7-11)6-10-2-3-12-13(4-10)19-8-18-12/h2-4,11H,5-8H2,1H3. The summed E-state index contributed by atoms with van der Waals surface area (Å²) in [6.07, 6.45) is 0.439. The van der Waals surface area contributed by atoms with Crippen molar-refractivity contribution in [2.75, 3.05) is 13.3 Å². The first-order valence-electron chi connectivity index (χ1n) is 6.45. The molecular formula is C14H15NO4S. The van der Waals surface area contributed by atoms with Crippen molar-refractivity contribution < 1.29 is 19.1 Å². The fourth-order valence-electron chi connectivity index (χ4n) is 2.46. The highest BCUT2D eigenvalue weighted by Crippen LogP contribution is 2.33. The van der Waals surface area contributed by atoms with Crippen LogP contribution in [0.25, 0.3) is 0 Å². The molecule has 1 saturated heterocycles. The summed E-state index contributed by atoms with van der Waals surface area (Å²) in [5.41, 5.74) is 1.01. The van der Waals surface area contributed by atoms with Crippen molar-refractivity contribution in [3.63, 3.8) is 0 Å². The first kappa shape index (κ1) is 13.3. The number of rotatable bonds is 3. The van der Waals surface area contributed by atoms with Crippen LogP contribution in [0.1, 0.15) is 18.9 Å². The lowest BCUT2D eigenvalue weighted by Gasteiger charge is -2.16. The molecule has 0 spiro atoms. The zero-order chi connectivity index (χ0) is 14.1. The van der Waals surface area contributed by atoms with Crippen molar-refractivity contribution in [1.82, 2.24) is 4.90 Å². The third-order valence-corrected chi connectivity index (χ3v) is 4.30. The molecule has 0 radical (unpaired) electrons. The first-order valence-corrected chi connectivity index (χ1v) is 7.33. The Bertz CT molecular complexity index is 560. The lowest BCUT2D eigenvalue weighted by atomic mass is 10.2. The summed E-state index contributed by atoms with van der Waals surface area (Å²) in [5.74, 6) is 1.57.